The van der Waals surface area contributed by atoms with Gasteiger partial charge in [-0.05, 0) is 61.4 Å². The zero-order chi connectivity index (χ0) is 22.7. The van der Waals surface area contributed by atoms with E-state index in [-0.39, 0.29) is 24.0 Å². The summed E-state index contributed by atoms with van der Waals surface area (Å²) in [7, 11) is 3.56. The maximum Gasteiger partial charge on any atom is 0.224 e. The van der Waals surface area contributed by atoms with E-state index in [1.165, 1.54) is 19.3 Å². The Balaban J connectivity index is 0.00000385. The van der Waals surface area contributed by atoms with Crippen molar-refractivity contribution in [2.24, 2.45) is 10.4 Å². The van der Waals surface area contributed by atoms with Crippen LogP contribution in [0, 0.1) is 5.41 Å². The lowest BCUT2D eigenvalue weighted by atomic mass is 9.67. The zero-order valence-corrected chi connectivity index (χ0v) is 22.3. The lowest BCUT2D eigenvalue weighted by molar-refractivity contribution is 0.0732. The van der Waals surface area contributed by atoms with E-state index in [4.69, 9.17) is 14.2 Å². The quantitative estimate of drug-likeness (QED) is 0.210. The SMILES string of the molecule is CCCOc1ccc(Oc2ncccc2CNC(=NC)NCC2(CCOC)CCC2)cc1.I. The molecule has 8 heteroatoms. The fraction of sp³-hybridized carbons (Fsp3) is 0.520. The van der Waals surface area contributed by atoms with E-state index in [9.17, 15) is 0 Å². The topological polar surface area (TPSA) is 77.0 Å². The number of aromatic nitrogens is 1. The lowest BCUT2D eigenvalue weighted by Gasteiger charge is -2.42. The molecule has 0 amide bonds. The van der Waals surface area contributed by atoms with Crippen LogP contribution in [0.15, 0.2) is 47.6 Å². The van der Waals surface area contributed by atoms with E-state index in [1.807, 2.05) is 36.4 Å². The van der Waals surface area contributed by atoms with Crippen LogP contribution in [0.25, 0.3) is 0 Å². The maximum absolute atomic E-state index is 6.04. The summed E-state index contributed by atoms with van der Waals surface area (Å²) in [6.07, 6.45) is 7.57. The molecule has 7 nitrogen and oxygen atoms in total. The molecule has 1 aromatic carbocycles. The van der Waals surface area contributed by atoms with Crippen LogP contribution >= 0.6 is 24.0 Å². The summed E-state index contributed by atoms with van der Waals surface area (Å²) in [5.74, 6) is 2.92. The zero-order valence-electron chi connectivity index (χ0n) is 19.9. The van der Waals surface area contributed by atoms with Crippen molar-refractivity contribution in [1.29, 1.82) is 0 Å². The third-order valence-electron chi connectivity index (χ3n) is 5.91. The Bertz CT molecular complexity index is 857. The number of nitrogens with zero attached hydrogens (tertiary/aromatic N) is 2. The summed E-state index contributed by atoms with van der Waals surface area (Å²) in [5, 5.41) is 6.88. The van der Waals surface area contributed by atoms with Gasteiger partial charge in [0.1, 0.15) is 11.5 Å². The van der Waals surface area contributed by atoms with Gasteiger partial charge in [0.05, 0.1) is 6.61 Å². The van der Waals surface area contributed by atoms with Crippen molar-refractivity contribution >= 4 is 29.9 Å². The number of hydrogen-bond acceptors (Lipinski definition) is 5. The number of methoxy groups -OCH3 is 1. The molecule has 3 rings (SSSR count). The number of benzene rings is 1. The molecular weight excluding hydrogens is 531 g/mol. The van der Waals surface area contributed by atoms with Gasteiger partial charge >= 0.3 is 0 Å². The van der Waals surface area contributed by atoms with Crippen molar-refractivity contribution < 1.29 is 14.2 Å². The van der Waals surface area contributed by atoms with Crippen LogP contribution in [0.3, 0.4) is 0 Å². The van der Waals surface area contributed by atoms with E-state index in [1.54, 1.807) is 20.4 Å². The molecule has 1 saturated carbocycles. The Morgan fingerprint density at radius 1 is 1.09 bits per heavy atom. The predicted octanol–water partition coefficient (Wildman–Crippen LogP) is 5.15. The summed E-state index contributed by atoms with van der Waals surface area (Å²) in [5.41, 5.74) is 1.28. The van der Waals surface area contributed by atoms with Crippen molar-refractivity contribution in [3.63, 3.8) is 0 Å². The summed E-state index contributed by atoms with van der Waals surface area (Å²) in [6, 6.07) is 11.5. The Labute approximate surface area is 214 Å². The first kappa shape index (κ1) is 27.2. The molecule has 2 N–H and O–H groups in total. The highest BCUT2D eigenvalue weighted by molar-refractivity contribution is 14.0. The van der Waals surface area contributed by atoms with Gasteiger partial charge in [-0.15, -0.1) is 24.0 Å². The summed E-state index contributed by atoms with van der Waals surface area (Å²) >= 11 is 0. The molecular formula is C25H37IN4O3. The summed E-state index contributed by atoms with van der Waals surface area (Å²) in [4.78, 5) is 8.80. The lowest BCUT2D eigenvalue weighted by Crippen LogP contribution is -2.46. The predicted molar refractivity (Wildman–Crippen MR) is 143 cm³/mol. The van der Waals surface area contributed by atoms with Crippen molar-refractivity contribution in [2.75, 3.05) is 33.9 Å². The molecule has 1 aromatic heterocycles. The van der Waals surface area contributed by atoms with E-state index in [2.05, 4.69) is 27.5 Å². The minimum atomic E-state index is 0. The Kier molecular flexibility index (Phi) is 11.7. The average Bonchev–Trinajstić information content (AvgIpc) is 2.80. The third-order valence-corrected chi connectivity index (χ3v) is 5.91. The van der Waals surface area contributed by atoms with Gasteiger partial charge in [0, 0.05) is 45.6 Å². The molecule has 1 heterocycles. The third kappa shape index (κ3) is 8.33. The smallest absolute Gasteiger partial charge is 0.224 e. The van der Waals surface area contributed by atoms with Gasteiger partial charge in [-0.25, -0.2) is 4.98 Å². The van der Waals surface area contributed by atoms with Gasteiger partial charge < -0.3 is 24.8 Å². The first-order chi connectivity index (χ1) is 15.7. The summed E-state index contributed by atoms with van der Waals surface area (Å²) < 4.78 is 17.0. The fourth-order valence-electron chi connectivity index (χ4n) is 3.77. The van der Waals surface area contributed by atoms with Gasteiger partial charge in [0.15, 0.2) is 5.96 Å². The second kappa shape index (κ2) is 14.2. The van der Waals surface area contributed by atoms with Gasteiger partial charge in [-0.1, -0.05) is 19.4 Å². The number of halogens is 1. The molecule has 0 bridgehead atoms. The number of hydrogen-bond donors (Lipinski definition) is 2. The van der Waals surface area contributed by atoms with E-state index >= 15 is 0 Å². The maximum atomic E-state index is 6.04. The standard InChI is InChI=1S/C25H36N4O3.HI/c1-4-16-31-21-8-10-22(11-9-21)32-23-20(7-5-15-27-23)18-28-24(26-2)29-19-25(12-6-13-25)14-17-30-3;/h5,7-11,15H,4,6,12-14,16-19H2,1-3H3,(H2,26,28,29);1H. The van der Waals surface area contributed by atoms with Gasteiger partial charge in [0.2, 0.25) is 5.88 Å². The largest absolute Gasteiger partial charge is 0.494 e. The van der Waals surface area contributed by atoms with Crippen molar-refractivity contribution in [3.05, 3.63) is 48.2 Å². The molecule has 0 atom stereocenters. The highest BCUT2D eigenvalue weighted by atomic mass is 127. The Morgan fingerprint density at radius 3 is 2.48 bits per heavy atom. The van der Waals surface area contributed by atoms with Crippen molar-refractivity contribution in [3.8, 4) is 17.4 Å². The first-order valence-corrected chi connectivity index (χ1v) is 11.5. The molecule has 182 valence electrons. The van der Waals surface area contributed by atoms with Gasteiger partial charge in [-0.2, -0.15) is 0 Å². The number of aliphatic imine (C=N–C) groups is 1. The van der Waals surface area contributed by atoms with Crippen molar-refractivity contribution in [1.82, 2.24) is 15.6 Å². The second-order valence-corrected chi connectivity index (χ2v) is 8.27. The number of guanidine groups is 1. The van der Waals surface area contributed by atoms with Crippen LogP contribution in [-0.4, -0.2) is 44.9 Å². The monoisotopic (exact) mass is 568 g/mol. The van der Waals surface area contributed by atoms with Crippen LogP contribution in [-0.2, 0) is 11.3 Å². The van der Waals surface area contributed by atoms with Crippen LogP contribution in [0.1, 0.15) is 44.6 Å². The molecule has 1 aliphatic rings. The van der Waals surface area contributed by atoms with Crippen LogP contribution in [0.2, 0.25) is 0 Å². The minimum absolute atomic E-state index is 0. The van der Waals surface area contributed by atoms with Crippen LogP contribution in [0.5, 0.6) is 17.4 Å². The normalized spacial score (nSPS) is 14.6. The molecule has 33 heavy (non-hydrogen) atoms. The molecule has 2 aromatic rings. The van der Waals surface area contributed by atoms with Crippen molar-refractivity contribution in [2.45, 2.75) is 45.6 Å². The highest BCUT2D eigenvalue weighted by Gasteiger charge is 2.36. The molecule has 0 saturated heterocycles. The molecule has 1 aliphatic carbocycles. The van der Waals surface area contributed by atoms with Crippen LogP contribution in [0.4, 0.5) is 0 Å². The Morgan fingerprint density at radius 2 is 1.85 bits per heavy atom. The molecule has 0 spiro atoms. The second-order valence-electron chi connectivity index (χ2n) is 8.27. The average molecular weight is 569 g/mol. The van der Waals surface area contributed by atoms with E-state index < -0.39 is 0 Å². The van der Waals surface area contributed by atoms with Gasteiger partial charge in [0.25, 0.3) is 0 Å². The number of nitrogens with one attached hydrogen (secondary N) is 2. The molecule has 0 unspecified atom stereocenters. The summed E-state index contributed by atoms with van der Waals surface area (Å²) in [6.45, 7) is 5.06. The van der Waals surface area contributed by atoms with E-state index in [0.717, 1.165) is 49.0 Å². The Hall–Kier alpha value is -2.07. The van der Waals surface area contributed by atoms with E-state index in [0.29, 0.717) is 24.4 Å². The van der Waals surface area contributed by atoms with Crippen LogP contribution < -0.4 is 20.1 Å². The molecule has 0 aliphatic heterocycles. The molecule has 0 radical (unpaired) electrons. The minimum Gasteiger partial charge on any atom is -0.494 e. The first-order valence-electron chi connectivity index (χ1n) is 11.5. The molecule has 1 fully saturated rings. The highest BCUT2D eigenvalue weighted by Crippen LogP contribution is 2.43. The van der Waals surface area contributed by atoms with Gasteiger partial charge in [-0.3, -0.25) is 4.99 Å². The number of ether oxygens (including phenoxy) is 3. The number of rotatable bonds is 12. The number of pyridine rings is 1. The fourth-order valence-corrected chi connectivity index (χ4v) is 3.77.